The Morgan fingerprint density at radius 3 is 1.26 bits per heavy atom. The van der Waals surface area contributed by atoms with E-state index >= 15 is 0 Å². The van der Waals surface area contributed by atoms with E-state index < -0.39 is 5.60 Å². The topological polar surface area (TPSA) is 54.0 Å². The molecule has 0 saturated carbocycles. The predicted octanol–water partition coefficient (Wildman–Crippen LogP) is 8.03. The maximum Gasteiger partial charge on any atom is 0.308 e. The fourth-order valence-corrected chi connectivity index (χ4v) is 3.84. The second-order valence-corrected chi connectivity index (χ2v) is 10.5. The molecular weight excluding hydrogens is 428 g/mol. The Morgan fingerprint density at radius 1 is 0.500 bits per heavy atom. The highest BCUT2D eigenvalue weighted by atomic mass is 16.6. The minimum absolute atomic E-state index is 0.226. The molecule has 0 fully saturated rings. The van der Waals surface area contributed by atoms with Gasteiger partial charge in [-0.25, -0.2) is 0 Å². The summed E-state index contributed by atoms with van der Waals surface area (Å²) in [5, 5.41) is 0. The fourth-order valence-electron chi connectivity index (χ4n) is 3.84. The Bertz CT molecular complexity index is 419. The summed E-state index contributed by atoms with van der Waals surface area (Å²) in [5.41, 5.74) is -0.438. The quantitative estimate of drug-likeness (QED) is 0.0914. The Hall–Kier alpha value is -0.650. The van der Waals surface area contributed by atoms with Crippen molar-refractivity contribution in [1.82, 2.24) is 0 Å². The first kappa shape index (κ1) is 33.4. The van der Waals surface area contributed by atoms with Gasteiger partial charge in [0.1, 0.15) is 5.60 Å². The summed E-state index contributed by atoms with van der Waals surface area (Å²) in [6.07, 6.45) is 22.5. The fraction of sp³-hybridized carbons (Fsp3) is 0.966. The zero-order chi connectivity index (χ0) is 25.2. The van der Waals surface area contributed by atoms with Crippen LogP contribution in [0.5, 0.6) is 0 Å². The van der Waals surface area contributed by atoms with Crippen LogP contribution in [0.15, 0.2) is 0 Å². The van der Waals surface area contributed by atoms with Gasteiger partial charge in [-0.3, -0.25) is 4.79 Å². The van der Waals surface area contributed by atoms with E-state index in [1.54, 1.807) is 0 Å². The molecule has 0 aromatic heterocycles. The van der Waals surface area contributed by atoms with Crippen molar-refractivity contribution < 1.29 is 23.7 Å². The monoisotopic (exact) mass is 486 g/mol. The second-order valence-electron chi connectivity index (χ2n) is 10.5. The van der Waals surface area contributed by atoms with Crippen LogP contribution < -0.4 is 0 Å². The zero-order valence-electron chi connectivity index (χ0n) is 23.3. The minimum atomic E-state index is -0.438. The molecule has 0 amide bonds. The van der Waals surface area contributed by atoms with Gasteiger partial charge in [0, 0.05) is 6.61 Å². The van der Waals surface area contributed by atoms with Gasteiger partial charge in [0.2, 0.25) is 0 Å². The number of carbonyl (C=O) groups excluding carboxylic acids is 1. The standard InChI is InChI=1S/C29H58O5/c1-5-6-7-8-9-10-11-12-13-14-15-16-17-18-19-20-22-31-24-26-33-27-25-32-23-21-28(30)34-29(2,3)4/h5-27H2,1-4H3. The van der Waals surface area contributed by atoms with Crippen LogP contribution in [0.2, 0.25) is 0 Å². The van der Waals surface area contributed by atoms with Gasteiger partial charge in [0.05, 0.1) is 39.5 Å². The third kappa shape index (κ3) is 29.4. The highest BCUT2D eigenvalue weighted by Crippen LogP contribution is 2.13. The molecule has 0 N–H and O–H groups in total. The number of unbranched alkanes of at least 4 members (excludes halogenated alkanes) is 15. The molecule has 0 aliphatic rings. The van der Waals surface area contributed by atoms with E-state index in [9.17, 15) is 4.79 Å². The number of esters is 1. The van der Waals surface area contributed by atoms with Crippen LogP contribution in [0.3, 0.4) is 0 Å². The van der Waals surface area contributed by atoms with Crippen molar-refractivity contribution in [2.45, 2.75) is 142 Å². The first-order chi connectivity index (χ1) is 16.5. The second kappa shape index (κ2) is 25.4. The van der Waals surface area contributed by atoms with Gasteiger partial charge in [0.25, 0.3) is 0 Å². The molecule has 0 aromatic rings. The molecule has 0 aliphatic heterocycles. The summed E-state index contributed by atoms with van der Waals surface area (Å²) in [5.74, 6) is -0.226. The van der Waals surface area contributed by atoms with Gasteiger partial charge in [-0.1, -0.05) is 103 Å². The molecule has 0 heterocycles. The maximum absolute atomic E-state index is 11.5. The van der Waals surface area contributed by atoms with Gasteiger partial charge in [-0.05, 0) is 27.2 Å². The molecule has 204 valence electrons. The van der Waals surface area contributed by atoms with E-state index in [1.165, 1.54) is 96.3 Å². The van der Waals surface area contributed by atoms with Gasteiger partial charge < -0.3 is 18.9 Å². The molecule has 0 saturated heterocycles. The van der Waals surface area contributed by atoms with Crippen LogP contribution in [0.1, 0.15) is 137 Å². The summed E-state index contributed by atoms with van der Waals surface area (Å²) < 4.78 is 21.7. The minimum Gasteiger partial charge on any atom is -0.460 e. The van der Waals surface area contributed by atoms with E-state index in [0.29, 0.717) is 33.0 Å². The van der Waals surface area contributed by atoms with Crippen LogP contribution >= 0.6 is 0 Å². The molecule has 0 rings (SSSR count). The lowest BCUT2D eigenvalue weighted by atomic mass is 10.0. The molecular formula is C29H58O5. The lowest BCUT2D eigenvalue weighted by Gasteiger charge is -2.19. The van der Waals surface area contributed by atoms with Gasteiger partial charge in [0.15, 0.2) is 0 Å². The van der Waals surface area contributed by atoms with Crippen molar-refractivity contribution >= 4 is 5.97 Å². The molecule has 34 heavy (non-hydrogen) atoms. The number of hydrogen-bond donors (Lipinski definition) is 0. The van der Waals surface area contributed by atoms with Crippen LogP contribution in [-0.2, 0) is 23.7 Å². The Labute approximate surface area is 212 Å². The molecule has 5 heteroatoms. The molecule has 0 bridgehead atoms. The van der Waals surface area contributed by atoms with Crippen LogP contribution in [-0.4, -0.2) is 51.2 Å². The summed E-state index contributed by atoms with van der Waals surface area (Å²) in [4.78, 5) is 11.5. The normalized spacial score (nSPS) is 11.8. The zero-order valence-corrected chi connectivity index (χ0v) is 23.3. The van der Waals surface area contributed by atoms with Crippen molar-refractivity contribution in [1.29, 1.82) is 0 Å². The van der Waals surface area contributed by atoms with Crippen LogP contribution in [0, 0.1) is 0 Å². The van der Waals surface area contributed by atoms with Crippen LogP contribution in [0.25, 0.3) is 0 Å². The van der Waals surface area contributed by atoms with Gasteiger partial charge in [-0.2, -0.15) is 0 Å². The van der Waals surface area contributed by atoms with Crippen molar-refractivity contribution in [3.63, 3.8) is 0 Å². The number of hydrogen-bond acceptors (Lipinski definition) is 5. The molecule has 0 atom stereocenters. The van der Waals surface area contributed by atoms with Crippen molar-refractivity contribution in [2.75, 3.05) is 39.6 Å². The first-order valence-electron chi connectivity index (χ1n) is 14.4. The largest absolute Gasteiger partial charge is 0.460 e. The Morgan fingerprint density at radius 2 is 0.853 bits per heavy atom. The summed E-state index contributed by atoms with van der Waals surface area (Å²) in [6, 6.07) is 0. The Balaban J connectivity index is 3.10. The predicted molar refractivity (Wildman–Crippen MR) is 142 cm³/mol. The summed E-state index contributed by atoms with van der Waals surface area (Å²) in [7, 11) is 0. The third-order valence-electron chi connectivity index (χ3n) is 5.76. The van der Waals surface area contributed by atoms with E-state index in [0.717, 1.165) is 13.0 Å². The highest BCUT2D eigenvalue weighted by molar-refractivity contribution is 5.69. The van der Waals surface area contributed by atoms with E-state index in [1.807, 2.05) is 20.8 Å². The third-order valence-corrected chi connectivity index (χ3v) is 5.76. The van der Waals surface area contributed by atoms with E-state index in [-0.39, 0.29) is 12.4 Å². The van der Waals surface area contributed by atoms with Crippen molar-refractivity contribution in [2.24, 2.45) is 0 Å². The summed E-state index contributed by atoms with van der Waals surface area (Å²) >= 11 is 0. The lowest BCUT2D eigenvalue weighted by molar-refractivity contribution is -0.156. The smallest absolute Gasteiger partial charge is 0.308 e. The van der Waals surface area contributed by atoms with Crippen LogP contribution in [0.4, 0.5) is 0 Å². The maximum atomic E-state index is 11.5. The molecule has 0 spiro atoms. The van der Waals surface area contributed by atoms with Crippen molar-refractivity contribution in [3.05, 3.63) is 0 Å². The lowest BCUT2D eigenvalue weighted by Crippen LogP contribution is -2.24. The molecule has 0 aliphatic carbocycles. The van der Waals surface area contributed by atoms with E-state index in [4.69, 9.17) is 18.9 Å². The SMILES string of the molecule is CCCCCCCCCCCCCCCCCCOCCOCCOCCC(=O)OC(C)(C)C. The van der Waals surface area contributed by atoms with Gasteiger partial charge >= 0.3 is 5.97 Å². The molecule has 0 radical (unpaired) electrons. The number of rotatable bonds is 26. The Kier molecular flexibility index (Phi) is 25.0. The molecule has 5 nitrogen and oxygen atoms in total. The van der Waals surface area contributed by atoms with Gasteiger partial charge in [-0.15, -0.1) is 0 Å². The molecule has 0 aromatic carbocycles. The highest BCUT2D eigenvalue weighted by Gasteiger charge is 2.15. The average molecular weight is 487 g/mol. The van der Waals surface area contributed by atoms with E-state index in [2.05, 4.69) is 6.92 Å². The van der Waals surface area contributed by atoms with Crippen molar-refractivity contribution in [3.8, 4) is 0 Å². The summed E-state index contributed by atoms with van der Waals surface area (Å²) in [6.45, 7) is 11.3. The number of carbonyl (C=O) groups is 1. The average Bonchev–Trinajstić information content (AvgIpc) is 2.78. The first-order valence-corrected chi connectivity index (χ1v) is 14.4. The molecule has 0 unspecified atom stereocenters. The number of ether oxygens (including phenoxy) is 4.